The number of carboxylic acid groups (broad SMARTS) is 1. The fraction of sp³-hybridized carbons (Fsp3) is 0.905. The van der Waals surface area contributed by atoms with Crippen molar-refractivity contribution >= 4 is 11.9 Å². The third kappa shape index (κ3) is 10.5. The van der Waals surface area contributed by atoms with Gasteiger partial charge in [0.15, 0.2) is 0 Å². The molecule has 1 saturated carbocycles. The molecule has 1 fully saturated rings. The van der Waals surface area contributed by atoms with Crippen LogP contribution in [0.15, 0.2) is 0 Å². The van der Waals surface area contributed by atoms with E-state index in [-0.39, 0.29) is 17.8 Å². The van der Waals surface area contributed by atoms with Crippen molar-refractivity contribution in [2.75, 3.05) is 6.61 Å². The molecular formula is C21H38O4. The molecule has 0 saturated heterocycles. The van der Waals surface area contributed by atoms with Crippen LogP contribution in [-0.2, 0) is 14.3 Å². The number of rotatable bonds is 13. The lowest BCUT2D eigenvalue weighted by molar-refractivity contribution is -0.152. The molecule has 4 nitrogen and oxygen atoms in total. The van der Waals surface area contributed by atoms with Crippen molar-refractivity contribution in [1.82, 2.24) is 0 Å². The number of esters is 1. The SMILES string of the molecule is CC(C)CCCCCCCCCCOC(=O)C1CCC(C(=O)O)CC1. The van der Waals surface area contributed by atoms with Gasteiger partial charge in [-0.2, -0.15) is 0 Å². The Labute approximate surface area is 153 Å². The number of ether oxygens (including phenoxy) is 1. The highest BCUT2D eigenvalue weighted by atomic mass is 16.5. The average molecular weight is 355 g/mol. The molecule has 0 unspecified atom stereocenters. The first kappa shape index (κ1) is 22.0. The van der Waals surface area contributed by atoms with Gasteiger partial charge in [-0.15, -0.1) is 0 Å². The van der Waals surface area contributed by atoms with E-state index in [0.29, 0.717) is 32.3 Å². The molecule has 1 N–H and O–H groups in total. The van der Waals surface area contributed by atoms with Crippen LogP contribution < -0.4 is 0 Å². The maximum absolute atomic E-state index is 12.0. The zero-order chi connectivity index (χ0) is 18.5. The van der Waals surface area contributed by atoms with Crippen LogP contribution >= 0.6 is 0 Å². The van der Waals surface area contributed by atoms with Gasteiger partial charge >= 0.3 is 11.9 Å². The van der Waals surface area contributed by atoms with Crippen molar-refractivity contribution < 1.29 is 19.4 Å². The van der Waals surface area contributed by atoms with Gasteiger partial charge in [0.25, 0.3) is 0 Å². The molecule has 0 aromatic rings. The summed E-state index contributed by atoms with van der Waals surface area (Å²) in [5, 5.41) is 8.97. The van der Waals surface area contributed by atoms with Gasteiger partial charge in [0.05, 0.1) is 18.4 Å². The average Bonchev–Trinajstić information content (AvgIpc) is 2.59. The first-order valence-corrected chi connectivity index (χ1v) is 10.4. The highest BCUT2D eigenvalue weighted by Gasteiger charge is 2.30. The Hall–Kier alpha value is -1.06. The quantitative estimate of drug-likeness (QED) is 0.346. The molecule has 0 bridgehead atoms. The summed E-state index contributed by atoms with van der Waals surface area (Å²) >= 11 is 0. The van der Waals surface area contributed by atoms with Crippen LogP contribution in [0.4, 0.5) is 0 Å². The lowest BCUT2D eigenvalue weighted by atomic mass is 9.82. The molecule has 25 heavy (non-hydrogen) atoms. The number of hydrogen-bond donors (Lipinski definition) is 1. The maximum atomic E-state index is 12.0. The first-order chi connectivity index (χ1) is 12.0. The standard InChI is InChI=1S/C21H38O4/c1-17(2)11-9-7-5-3-4-6-8-10-16-25-21(24)19-14-12-18(13-15-19)20(22)23/h17-19H,3-16H2,1-2H3,(H,22,23). The molecule has 0 aliphatic heterocycles. The third-order valence-electron chi connectivity index (χ3n) is 5.33. The molecular weight excluding hydrogens is 316 g/mol. The molecule has 0 atom stereocenters. The Morgan fingerprint density at radius 2 is 1.32 bits per heavy atom. The Morgan fingerprint density at radius 1 is 0.840 bits per heavy atom. The van der Waals surface area contributed by atoms with Crippen molar-refractivity contribution in [1.29, 1.82) is 0 Å². The number of unbranched alkanes of at least 4 members (excludes halogenated alkanes) is 7. The Balaban J connectivity index is 1.90. The minimum Gasteiger partial charge on any atom is -0.481 e. The monoisotopic (exact) mass is 354 g/mol. The zero-order valence-electron chi connectivity index (χ0n) is 16.3. The molecule has 0 spiro atoms. The molecule has 4 heteroatoms. The van der Waals surface area contributed by atoms with Gasteiger partial charge in [0.1, 0.15) is 0 Å². The highest BCUT2D eigenvalue weighted by molar-refractivity contribution is 5.74. The van der Waals surface area contributed by atoms with Crippen molar-refractivity contribution in [3.63, 3.8) is 0 Å². The van der Waals surface area contributed by atoms with Crippen LogP contribution in [-0.4, -0.2) is 23.7 Å². The normalized spacial score (nSPS) is 20.6. The summed E-state index contributed by atoms with van der Waals surface area (Å²) in [7, 11) is 0. The van der Waals surface area contributed by atoms with E-state index in [1.165, 1.54) is 44.9 Å². The highest BCUT2D eigenvalue weighted by Crippen LogP contribution is 2.29. The van der Waals surface area contributed by atoms with Gasteiger partial charge < -0.3 is 9.84 Å². The van der Waals surface area contributed by atoms with E-state index in [0.717, 1.165) is 18.8 Å². The Bertz CT molecular complexity index is 370. The first-order valence-electron chi connectivity index (χ1n) is 10.4. The molecule has 146 valence electrons. The predicted octanol–water partition coefficient (Wildman–Crippen LogP) is 5.59. The van der Waals surface area contributed by atoms with Crippen molar-refractivity contribution in [2.24, 2.45) is 17.8 Å². The second-order valence-corrected chi connectivity index (χ2v) is 8.07. The van der Waals surface area contributed by atoms with Crippen LogP contribution in [0.25, 0.3) is 0 Å². The lowest BCUT2D eigenvalue weighted by Crippen LogP contribution is -2.27. The smallest absolute Gasteiger partial charge is 0.308 e. The zero-order valence-corrected chi connectivity index (χ0v) is 16.3. The molecule has 1 aliphatic rings. The van der Waals surface area contributed by atoms with E-state index >= 15 is 0 Å². The van der Waals surface area contributed by atoms with Crippen molar-refractivity contribution in [3.05, 3.63) is 0 Å². The fourth-order valence-corrected chi connectivity index (χ4v) is 3.58. The summed E-state index contributed by atoms with van der Waals surface area (Å²) in [5.74, 6) is -0.369. The summed E-state index contributed by atoms with van der Waals surface area (Å²) in [5.41, 5.74) is 0. The number of carbonyl (C=O) groups excluding carboxylic acids is 1. The molecule has 1 aliphatic carbocycles. The number of carboxylic acids is 1. The maximum Gasteiger partial charge on any atom is 0.308 e. The predicted molar refractivity (Wildman–Crippen MR) is 100 cm³/mol. The van der Waals surface area contributed by atoms with Gasteiger partial charge in [-0.25, -0.2) is 0 Å². The van der Waals surface area contributed by atoms with E-state index in [4.69, 9.17) is 9.84 Å². The topological polar surface area (TPSA) is 63.6 Å². The summed E-state index contributed by atoms with van der Waals surface area (Å²) in [6.45, 7) is 5.09. The van der Waals surface area contributed by atoms with Crippen LogP contribution in [0.5, 0.6) is 0 Å². The lowest BCUT2D eigenvalue weighted by Gasteiger charge is -2.24. The molecule has 0 amide bonds. The number of carbonyl (C=O) groups is 2. The number of aliphatic carboxylic acids is 1. The minimum atomic E-state index is -0.730. The molecule has 0 aromatic heterocycles. The summed E-state index contributed by atoms with van der Waals surface area (Å²) in [6.07, 6.45) is 13.9. The largest absolute Gasteiger partial charge is 0.481 e. The van der Waals surface area contributed by atoms with Gasteiger partial charge in [0.2, 0.25) is 0 Å². The van der Waals surface area contributed by atoms with E-state index in [2.05, 4.69) is 13.8 Å². The van der Waals surface area contributed by atoms with Crippen LogP contribution in [0.3, 0.4) is 0 Å². The van der Waals surface area contributed by atoms with Crippen molar-refractivity contribution in [2.45, 2.75) is 97.3 Å². The van der Waals surface area contributed by atoms with E-state index in [9.17, 15) is 9.59 Å². The fourth-order valence-electron chi connectivity index (χ4n) is 3.58. The van der Waals surface area contributed by atoms with Crippen LogP contribution in [0.2, 0.25) is 0 Å². The molecule has 0 heterocycles. The summed E-state index contributed by atoms with van der Waals surface area (Å²) < 4.78 is 5.37. The van der Waals surface area contributed by atoms with Crippen molar-refractivity contribution in [3.8, 4) is 0 Å². The molecule has 0 aromatic carbocycles. The van der Waals surface area contributed by atoms with Gasteiger partial charge in [0, 0.05) is 0 Å². The molecule has 1 rings (SSSR count). The van der Waals surface area contributed by atoms with Gasteiger partial charge in [-0.3, -0.25) is 9.59 Å². The van der Waals surface area contributed by atoms with Gasteiger partial charge in [-0.1, -0.05) is 65.2 Å². The summed E-state index contributed by atoms with van der Waals surface area (Å²) in [6, 6.07) is 0. The number of hydrogen-bond acceptors (Lipinski definition) is 3. The Kier molecular flexibility index (Phi) is 11.6. The van der Waals surface area contributed by atoms with Crippen LogP contribution in [0.1, 0.15) is 97.3 Å². The van der Waals surface area contributed by atoms with E-state index in [1.807, 2.05) is 0 Å². The molecule has 0 radical (unpaired) electrons. The van der Waals surface area contributed by atoms with E-state index in [1.54, 1.807) is 0 Å². The Morgan fingerprint density at radius 3 is 1.84 bits per heavy atom. The second-order valence-electron chi connectivity index (χ2n) is 8.07. The summed E-state index contributed by atoms with van der Waals surface area (Å²) in [4.78, 5) is 22.9. The second kappa shape index (κ2) is 13.2. The minimum absolute atomic E-state index is 0.0820. The van der Waals surface area contributed by atoms with Crippen LogP contribution in [0, 0.1) is 17.8 Å². The van der Waals surface area contributed by atoms with E-state index < -0.39 is 5.97 Å². The third-order valence-corrected chi connectivity index (χ3v) is 5.33. The van der Waals surface area contributed by atoms with Gasteiger partial charge in [-0.05, 0) is 38.0 Å².